The van der Waals surface area contributed by atoms with E-state index in [0.717, 1.165) is 21.5 Å². The van der Waals surface area contributed by atoms with E-state index in [2.05, 4.69) is 131 Å². The van der Waals surface area contributed by atoms with Gasteiger partial charge in [0.05, 0.1) is 26.9 Å². The van der Waals surface area contributed by atoms with Crippen molar-refractivity contribution in [3.8, 4) is 28.1 Å². The standard InChI is InChI=1S/C34H21N3S/c1-2-11-25(12-3-1)37-29-15-6-4-13-26(29)28-20-23(17-18-30(28)37)22-9-8-10-24(19-22)32-34-33(36-21-35-32)27-14-5-7-16-31(27)38-34/h1-21H. The number of aromatic nitrogens is 3. The molecule has 0 aliphatic carbocycles. The molecule has 0 atom stereocenters. The third-order valence-electron chi connectivity index (χ3n) is 7.31. The Morgan fingerprint density at radius 3 is 2.18 bits per heavy atom. The molecule has 178 valence electrons. The lowest BCUT2D eigenvalue weighted by molar-refractivity contribution is 1.18. The third kappa shape index (κ3) is 3.21. The molecule has 0 saturated carbocycles. The molecule has 3 heterocycles. The highest BCUT2D eigenvalue weighted by Gasteiger charge is 2.15. The average molecular weight is 504 g/mol. The molecule has 38 heavy (non-hydrogen) atoms. The second kappa shape index (κ2) is 8.37. The third-order valence-corrected chi connectivity index (χ3v) is 8.48. The van der Waals surface area contributed by atoms with Gasteiger partial charge in [0.1, 0.15) is 6.33 Å². The van der Waals surface area contributed by atoms with Crippen molar-refractivity contribution >= 4 is 53.4 Å². The Kier molecular flexibility index (Phi) is 4.69. The van der Waals surface area contributed by atoms with Crippen molar-refractivity contribution in [3.63, 3.8) is 0 Å². The highest BCUT2D eigenvalue weighted by molar-refractivity contribution is 7.26. The summed E-state index contributed by atoms with van der Waals surface area (Å²) < 4.78 is 4.72. The van der Waals surface area contributed by atoms with Crippen LogP contribution < -0.4 is 0 Å². The molecule has 8 rings (SSSR count). The van der Waals surface area contributed by atoms with E-state index in [-0.39, 0.29) is 0 Å². The van der Waals surface area contributed by atoms with E-state index in [4.69, 9.17) is 4.98 Å². The minimum atomic E-state index is 0.986. The number of thiophene rings is 1. The Morgan fingerprint density at radius 2 is 1.26 bits per heavy atom. The maximum absolute atomic E-state index is 4.73. The van der Waals surface area contributed by atoms with Crippen LogP contribution in [-0.4, -0.2) is 14.5 Å². The summed E-state index contributed by atoms with van der Waals surface area (Å²) in [6.07, 6.45) is 1.69. The van der Waals surface area contributed by atoms with Crippen LogP contribution in [-0.2, 0) is 0 Å². The van der Waals surface area contributed by atoms with Crippen LogP contribution in [0.4, 0.5) is 0 Å². The molecule has 0 radical (unpaired) electrons. The lowest BCUT2D eigenvalue weighted by atomic mass is 9.99. The molecule has 0 spiro atoms. The Bertz CT molecular complexity index is 2140. The first-order valence-corrected chi connectivity index (χ1v) is 13.5. The van der Waals surface area contributed by atoms with E-state index in [1.54, 1.807) is 17.7 Å². The van der Waals surface area contributed by atoms with Gasteiger partial charge in [-0.05, 0) is 53.6 Å². The Hall–Kier alpha value is -4.80. The van der Waals surface area contributed by atoms with Crippen molar-refractivity contribution in [2.45, 2.75) is 0 Å². The van der Waals surface area contributed by atoms with Crippen molar-refractivity contribution in [2.24, 2.45) is 0 Å². The molecule has 0 saturated heterocycles. The van der Waals surface area contributed by atoms with E-state index in [9.17, 15) is 0 Å². The molecule has 0 N–H and O–H groups in total. The second-order valence-electron chi connectivity index (χ2n) is 9.50. The van der Waals surface area contributed by atoms with E-state index >= 15 is 0 Å². The van der Waals surface area contributed by atoms with Crippen LogP contribution in [0.5, 0.6) is 0 Å². The lowest BCUT2D eigenvalue weighted by Crippen LogP contribution is -1.92. The molecular weight excluding hydrogens is 482 g/mol. The first-order chi connectivity index (χ1) is 18.8. The number of benzene rings is 5. The van der Waals surface area contributed by atoms with E-state index < -0.39 is 0 Å². The van der Waals surface area contributed by atoms with Crippen LogP contribution in [0.2, 0.25) is 0 Å². The first kappa shape index (κ1) is 21.3. The largest absolute Gasteiger partial charge is 0.309 e. The lowest BCUT2D eigenvalue weighted by Gasteiger charge is -2.09. The topological polar surface area (TPSA) is 30.7 Å². The maximum Gasteiger partial charge on any atom is 0.116 e. The molecule has 0 amide bonds. The second-order valence-corrected chi connectivity index (χ2v) is 10.6. The summed E-state index contributed by atoms with van der Waals surface area (Å²) in [5.41, 5.74) is 9.08. The van der Waals surface area contributed by atoms with Crippen LogP contribution in [0.15, 0.2) is 128 Å². The Labute approximate surface area is 223 Å². The molecule has 0 fully saturated rings. The van der Waals surface area contributed by atoms with Crippen molar-refractivity contribution in [2.75, 3.05) is 0 Å². The van der Waals surface area contributed by atoms with Gasteiger partial charge in [-0.2, -0.15) is 0 Å². The number of hydrogen-bond acceptors (Lipinski definition) is 3. The van der Waals surface area contributed by atoms with Crippen LogP contribution in [0.1, 0.15) is 0 Å². The monoisotopic (exact) mass is 503 g/mol. The summed E-state index contributed by atoms with van der Waals surface area (Å²) >= 11 is 1.76. The smallest absolute Gasteiger partial charge is 0.116 e. The molecule has 0 bridgehead atoms. The van der Waals surface area contributed by atoms with Crippen LogP contribution in [0, 0.1) is 0 Å². The first-order valence-electron chi connectivity index (χ1n) is 12.7. The highest BCUT2D eigenvalue weighted by atomic mass is 32.1. The number of fused-ring (bicyclic) bond motifs is 6. The Morgan fingerprint density at radius 1 is 0.526 bits per heavy atom. The quantitative estimate of drug-likeness (QED) is 0.240. The minimum Gasteiger partial charge on any atom is -0.309 e. The van der Waals surface area contributed by atoms with Gasteiger partial charge in [0, 0.05) is 32.1 Å². The fraction of sp³-hybridized carbons (Fsp3) is 0. The molecule has 0 unspecified atom stereocenters. The summed E-state index contributed by atoms with van der Waals surface area (Å²) in [5.74, 6) is 0. The van der Waals surface area contributed by atoms with E-state index in [0.29, 0.717) is 0 Å². The fourth-order valence-electron chi connectivity index (χ4n) is 5.58. The molecule has 8 aromatic rings. The van der Waals surface area contributed by atoms with Gasteiger partial charge in [-0.25, -0.2) is 9.97 Å². The van der Waals surface area contributed by atoms with Crippen LogP contribution >= 0.6 is 11.3 Å². The van der Waals surface area contributed by atoms with Gasteiger partial charge in [-0.3, -0.25) is 0 Å². The molecule has 3 aromatic heterocycles. The van der Waals surface area contributed by atoms with Gasteiger partial charge in [-0.15, -0.1) is 11.3 Å². The average Bonchev–Trinajstić information content (AvgIpc) is 3.53. The molecule has 0 aliphatic rings. The van der Waals surface area contributed by atoms with Crippen molar-refractivity contribution in [1.82, 2.24) is 14.5 Å². The zero-order chi connectivity index (χ0) is 25.1. The van der Waals surface area contributed by atoms with Crippen molar-refractivity contribution < 1.29 is 0 Å². The molecule has 3 nitrogen and oxygen atoms in total. The fourth-order valence-corrected chi connectivity index (χ4v) is 6.75. The zero-order valence-corrected chi connectivity index (χ0v) is 21.2. The number of rotatable bonds is 3. The summed E-state index contributed by atoms with van der Waals surface area (Å²) in [6, 6.07) is 43.2. The maximum atomic E-state index is 4.73. The molecular formula is C34H21N3S. The zero-order valence-electron chi connectivity index (χ0n) is 20.4. The van der Waals surface area contributed by atoms with Gasteiger partial charge in [0.15, 0.2) is 0 Å². The van der Waals surface area contributed by atoms with Gasteiger partial charge < -0.3 is 4.57 Å². The van der Waals surface area contributed by atoms with Crippen molar-refractivity contribution in [1.29, 1.82) is 0 Å². The normalized spacial score (nSPS) is 11.7. The predicted octanol–water partition coefficient (Wildman–Crippen LogP) is 9.28. The van der Waals surface area contributed by atoms with Crippen molar-refractivity contribution in [3.05, 3.63) is 128 Å². The summed E-state index contributed by atoms with van der Waals surface area (Å²) in [6.45, 7) is 0. The summed E-state index contributed by atoms with van der Waals surface area (Å²) in [5, 5.41) is 3.70. The molecule has 5 aromatic carbocycles. The molecule has 4 heteroatoms. The SMILES string of the molecule is c1ccc(-n2c3ccccc3c3cc(-c4cccc(-c5ncnc6c5sc5ccccc56)c4)ccc32)cc1. The van der Waals surface area contributed by atoms with E-state index in [1.807, 2.05) is 0 Å². The van der Waals surface area contributed by atoms with Crippen LogP contribution in [0.3, 0.4) is 0 Å². The van der Waals surface area contributed by atoms with Crippen LogP contribution in [0.25, 0.3) is 70.2 Å². The van der Waals surface area contributed by atoms with Gasteiger partial charge in [0.2, 0.25) is 0 Å². The predicted molar refractivity (Wildman–Crippen MR) is 160 cm³/mol. The van der Waals surface area contributed by atoms with Gasteiger partial charge in [0.25, 0.3) is 0 Å². The van der Waals surface area contributed by atoms with E-state index in [1.165, 1.54) is 48.7 Å². The summed E-state index contributed by atoms with van der Waals surface area (Å²) in [4.78, 5) is 9.35. The highest BCUT2D eigenvalue weighted by Crippen LogP contribution is 2.39. The number of nitrogens with zero attached hydrogens (tertiary/aromatic N) is 3. The molecule has 0 aliphatic heterocycles. The van der Waals surface area contributed by atoms with Gasteiger partial charge >= 0.3 is 0 Å². The van der Waals surface area contributed by atoms with Gasteiger partial charge in [-0.1, -0.05) is 78.9 Å². The Balaban J connectivity index is 1.31. The number of para-hydroxylation sites is 2. The summed E-state index contributed by atoms with van der Waals surface area (Å²) in [7, 11) is 0. The minimum absolute atomic E-state index is 0.986. The number of hydrogen-bond donors (Lipinski definition) is 0.